The number of halogens is 2. The minimum absolute atomic E-state index is 0.122. The average Bonchev–Trinajstić information content (AvgIpc) is 2.85. The van der Waals surface area contributed by atoms with E-state index in [1.165, 1.54) is 31.5 Å². The number of hydrogen-bond acceptors (Lipinski definition) is 1. The van der Waals surface area contributed by atoms with Crippen LogP contribution in [0, 0.1) is 5.41 Å². The molecule has 20 heavy (non-hydrogen) atoms. The topological polar surface area (TPSA) is 3.24 Å². The molecule has 1 atom stereocenters. The molecule has 0 spiro atoms. The first-order valence-corrected chi connectivity index (χ1v) is 8.08. The summed E-state index contributed by atoms with van der Waals surface area (Å²) in [6, 6.07) is 5.81. The van der Waals surface area contributed by atoms with Gasteiger partial charge in [0, 0.05) is 22.0 Å². The quantitative estimate of drug-likeness (QED) is 0.674. The lowest BCUT2D eigenvalue weighted by molar-refractivity contribution is 0.234. The fourth-order valence-corrected chi connectivity index (χ4v) is 3.60. The Bertz CT molecular complexity index is 478. The van der Waals surface area contributed by atoms with Gasteiger partial charge in [-0.1, -0.05) is 48.3 Å². The summed E-state index contributed by atoms with van der Waals surface area (Å²) >= 11 is 12.3. The summed E-state index contributed by atoms with van der Waals surface area (Å²) < 4.78 is 0. The Labute approximate surface area is 132 Å². The third-order valence-electron chi connectivity index (χ3n) is 3.96. The molecule has 0 amide bonds. The van der Waals surface area contributed by atoms with E-state index in [1.807, 2.05) is 12.1 Å². The second-order valence-corrected chi connectivity index (χ2v) is 6.89. The van der Waals surface area contributed by atoms with Crippen LogP contribution in [-0.2, 0) is 6.42 Å². The monoisotopic (exact) mass is 311 g/mol. The molecule has 0 aromatic heterocycles. The van der Waals surface area contributed by atoms with Gasteiger partial charge in [-0.2, -0.15) is 0 Å². The van der Waals surface area contributed by atoms with E-state index in [1.54, 1.807) is 0 Å². The van der Waals surface area contributed by atoms with Crippen molar-refractivity contribution in [2.24, 2.45) is 5.41 Å². The van der Waals surface area contributed by atoms with E-state index in [0.717, 1.165) is 18.0 Å². The standard InChI is InChI=1S/C17H23Cl2N/c1-3-8-17(2,13-20-9-4-5-10-20)12-14-6-7-15(18)11-16(14)19/h3,6-8,11H,4-5,9-10,12-13H2,1-2H3/b8-3-. The maximum atomic E-state index is 6.33. The number of benzene rings is 1. The maximum Gasteiger partial charge on any atom is 0.0453 e. The Kier molecular flexibility index (Phi) is 5.54. The van der Waals surface area contributed by atoms with Gasteiger partial charge in [0.1, 0.15) is 0 Å². The van der Waals surface area contributed by atoms with E-state index in [0.29, 0.717) is 5.02 Å². The molecule has 0 saturated carbocycles. The second-order valence-electron chi connectivity index (χ2n) is 6.05. The summed E-state index contributed by atoms with van der Waals surface area (Å²) in [5.41, 5.74) is 1.30. The number of allylic oxidation sites excluding steroid dienone is 1. The summed E-state index contributed by atoms with van der Waals surface area (Å²) in [6.07, 6.45) is 8.07. The van der Waals surface area contributed by atoms with Gasteiger partial charge in [-0.15, -0.1) is 0 Å². The Morgan fingerprint density at radius 1 is 1.25 bits per heavy atom. The van der Waals surface area contributed by atoms with E-state index < -0.39 is 0 Å². The van der Waals surface area contributed by atoms with Crippen molar-refractivity contribution in [3.63, 3.8) is 0 Å². The van der Waals surface area contributed by atoms with Crippen molar-refractivity contribution < 1.29 is 0 Å². The molecule has 0 aliphatic carbocycles. The fraction of sp³-hybridized carbons (Fsp3) is 0.529. The molecule has 1 aromatic rings. The molecule has 0 radical (unpaired) electrons. The van der Waals surface area contributed by atoms with E-state index in [4.69, 9.17) is 23.2 Å². The zero-order valence-electron chi connectivity index (χ0n) is 12.3. The fourth-order valence-electron chi connectivity index (χ4n) is 3.12. The first-order chi connectivity index (χ1) is 9.52. The minimum atomic E-state index is 0.122. The maximum absolute atomic E-state index is 6.33. The molecule has 1 fully saturated rings. The van der Waals surface area contributed by atoms with E-state index in [9.17, 15) is 0 Å². The average molecular weight is 312 g/mol. The summed E-state index contributed by atoms with van der Waals surface area (Å²) in [4.78, 5) is 2.56. The van der Waals surface area contributed by atoms with Gasteiger partial charge in [0.05, 0.1) is 0 Å². The van der Waals surface area contributed by atoms with Crippen LogP contribution in [0.3, 0.4) is 0 Å². The summed E-state index contributed by atoms with van der Waals surface area (Å²) in [7, 11) is 0. The zero-order valence-corrected chi connectivity index (χ0v) is 13.8. The Morgan fingerprint density at radius 3 is 2.55 bits per heavy atom. The highest BCUT2D eigenvalue weighted by molar-refractivity contribution is 6.35. The lowest BCUT2D eigenvalue weighted by Crippen LogP contribution is -2.34. The molecule has 110 valence electrons. The molecule has 1 heterocycles. The van der Waals surface area contributed by atoms with Crippen molar-refractivity contribution in [1.29, 1.82) is 0 Å². The lowest BCUT2D eigenvalue weighted by atomic mass is 9.82. The van der Waals surface area contributed by atoms with Crippen molar-refractivity contribution in [3.05, 3.63) is 46.0 Å². The minimum Gasteiger partial charge on any atom is -0.302 e. The molecule has 1 aromatic carbocycles. The van der Waals surface area contributed by atoms with Crippen LogP contribution in [0.15, 0.2) is 30.4 Å². The molecule has 1 unspecified atom stereocenters. The van der Waals surface area contributed by atoms with E-state index >= 15 is 0 Å². The van der Waals surface area contributed by atoms with Gasteiger partial charge in [0.15, 0.2) is 0 Å². The van der Waals surface area contributed by atoms with Crippen LogP contribution in [0.1, 0.15) is 32.3 Å². The van der Waals surface area contributed by atoms with Gasteiger partial charge >= 0.3 is 0 Å². The van der Waals surface area contributed by atoms with Crippen molar-refractivity contribution in [1.82, 2.24) is 4.90 Å². The van der Waals surface area contributed by atoms with Gasteiger partial charge in [0.25, 0.3) is 0 Å². The first-order valence-electron chi connectivity index (χ1n) is 7.32. The summed E-state index contributed by atoms with van der Waals surface area (Å²) in [5, 5.41) is 1.47. The molecule has 0 N–H and O–H groups in total. The van der Waals surface area contributed by atoms with Crippen molar-refractivity contribution >= 4 is 23.2 Å². The van der Waals surface area contributed by atoms with Crippen molar-refractivity contribution in [2.75, 3.05) is 19.6 Å². The molecule has 3 heteroatoms. The Hall–Kier alpha value is -0.500. The molecular weight excluding hydrogens is 289 g/mol. The smallest absolute Gasteiger partial charge is 0.0453 e. The molecular formula is C17H23Cl2N. The highest BCUT2D eigenvalue weighted by Crippen LogP contribution is 2.31. The summed E-state index contributed by atoms with van der Waals surface area (Å²) in [6.45, 7) is 7.95. The molecule has 1 nitrogen and oxygen atoms in total. The van der Waals surface area contributed by atoms with Gasteiger partial charge in [-0.3, -0.25) is 0 Å². The first kappa shape index (κ1) is 15.9. The van der Waals surface area contributed by atoms with Crippen LogP contribution in [0.5, 0.6) is 0 Å². The van der Waals surface area contributed by atoms with Crippen LogP contribution >= 0.6 is 23.2 Å². The largest absolute Gasteiger partial charge is 0.302 e. The predicted molar refractivity (Wildman–Crippen MR) is 88.8 cm³/mol. The Balaban J connectivity index is 2.14. The van der Waals surface area contributed by atoms with Crippen LogP contribution in [-0.4, -0.2) is 24.5 Å². The number of hydrogen-bond donors (Lipinski definition) is 0. The van der Waals surface area contributed by atoms with Gasteiger partial charge in [0.2, 0.25) is 0 Å². The van der Waals surface area contributed by atoms with Crippen molar-refractivity contribution in [2.45, 2.75) is 33.1 Å². The van der Waals surface area contributed by atoms with Gasteiger partial charge in [-0.25, -0.2) is 0 Å². The van der Waals surface area contributed by atoms with Crippen molar-refractivity contribution in [3.8, 4) is 0 Å². The van der Waals surface area contributed by atoms with Gasteiger partial charge in [-0.05, 0) is 57.0 Å². The molecule has 1 aliphatic rings. The van der Waals surface area contributed by atoms with Crippen LogP contribution in [0.25, 0.3) is 0 Å². The highest BCUT2D eigenvalue weighted by atomic mass is 35.5. The highest BCUT2D eigenvalue weighted by Gasteiger charge is 2.27. The van der Waals surface area contributed by atoms with E-state index in [2.05, 4.69) is 37.0 Å². The van der Waals surface area contributed by atoms with Gasteiger partial charge < -0.3 is 4.90 Å². The third kappa shape index (κ3) is 4.25. The van der Waals surface area contributed by atoms with Crippen LogP contribution in [0.2, 0.25) is 10.0 Å². The van der Waals surface area contributed by atoms with Crippen LogP contribution < -0.4 is 0 Å². The zero-order chi connectivity index (χ0) is 14.6. The SMILES string of the molecule is C/C=C\C(C)(Cc1ccc(Cl)cc1Cl)CN1CCCC1. The second kappa shape index (κ2) is 6.98. The number of rotatable bonds is 5. The molecule has 2 rings (SSSR count). The normalized spacial score (nSPS) is 19.6. The lowest BCUT2D eigenvalue weighted by Gasteiger charge is -2.31. The number of likely N-dealkylation sites (tertiary alicyclic amines) is 1. The van der Waals surface area contributed by atoms with E-state index in [-0.39, 0.29) is 5.41 Å². The van der Waals surface area contributed by atoms with Crippen LogP contribution in [0.4, 0.5) is 0 Å². The predicted octanol–water partition coefficient (Wildman–Crippen LogP) is 5.21. The number of nitrogens with zero attached hydrogens (tertiary/aromatic N) is 1. The third-order valence-corrected chi connectivity index (χ3v) is 4.55. The molecule has 1 aliphatic heterocycles. The molecule has 0 bridgehead atoms. The summed E-state index contributed by atoms with van der Waals surface area (Å²) in [5.74, 6) is 0. The Morgan fingerprint density at radius 2 is 1.95 bits per heavy atom. The molecule has 1 saturated heterocycles.